The predicted molar refractivity (Wildman–Crippen MR) is 111 cm³/mol. The molecule has 0 fully saturated rings. The Morgan fingerprint density at radius 3 is 2.32 bits per heavy atom. The van der Waals surface area contributed by atoms with Crippen LogP contribution in [0.1, 0.15) is 23.7 Å². The molecule has 3 N–H and O–H groups in total. The molecule has 1 aromatic rings. The third kappa shape index (κ3) is 10.1. The third-order valence-corrected chi connectivity index (χ3v) is 3.24. The number of aliphatic imine (C=N–C) groups is 1. The van der Waals surface area contributed by atoms with Gasteiger partial charge in [-0.1, -0.05) is 0 Å². The number of hydrogen-bond acceptors (Lipinski definition) is 4. The molecule has 0 unspecified atom stereocenters. The van der Waals surface area contributed by atoms with Crippen molar-refractivity contribution in [3.63, 3.8) is 0 Å². The van der Waals surface area contributed by atoms with E-state index in [1.807, 2.05) is 6.92 Å². The maximum absolute atomic E-state index is 12.0. The standard InChI is InChI=1S/C17H28N4O3.HI/c1-4-24-13-5-10-20-17(18-2)21-12-11-19-16(22)14-6-8-15(23-3)9-7-14;/h6-9H,4-5,10-13H2,1-3H3,(H,19,22)(H2,18,20,21);1H. The van der Waals surface area contributed by atoms with E-state index in [1.54, 1.807) is 38.4 Å². The molecule has 0 bridgehead atoms. The first-order valence-corrected chi connectivity index (χ1v) is 8.15. The number of amides is 1. The maximum Gasteiger partial charge on any atom is 0.251 e. The first-order valence-electron chi connectivity index (χ1n) is 8.15. The Morgan fingerprint density at radius 1 is 1.08 bits per heavy atom. The SMILES string of the molecule is CCOCCCNC(=NC)NCCNC(=O)c1ccc(OC)cc1.I. The van der Waals surface area contributed by atoms with Crippen molar-refractivity contribution in [1.29, 1.82) is 0 Å². The lowest BCUT2D eigenvalue weighted by molar-refractivity contribution is 0.0954. The highest BCUT2D eigenvalue weighted by Crippen LogP contribution is 2.10. The highest BCUT2D eigenvalue weighted by atomic mass is 127. The first kappa shape index (κ1) is 23.4. The van der Waals surface area contributed by atoms with E-state index in [4.69, 9.17) is 9.47 Å². The number of nitrogens with zero attached hydrogens (tertiary/aromatic N) is 1. The van der Waals surface area contributed by atoms with Gasteiger partial charge in [0.2, 0.25) is 0 Å². The number of methoxy groups -OCH3 is 1. The zero-order valence-corrected chi connectivity index (χ0v) is 17.5. The van der Waals surface area contributed by atoms with E-state index in [2.05, 4.69) is 20.9 Å². The number of carbonyl (C=O) groups excluding carboxylic acids is 1. The van der Waals surface area contributed by atoms with Gasteiger partial charge in [0.15, 0.2) is 5.96 Å². The summed E-state index contributed by atoms with van der Waals surface area (Å²) in [5, 5.41) is 9.20. The van der Waals surface area contributed by atoms with E-state index < -0.39 is 0 Å². The first-order chi connectivity index (χ1) is 11.7. The van der Waals surface area contributed by atoms with Crippen LogP contribution in [-0.4, -0.2) is 58.9 Å². The second kappa shape index (κ2) is 14.8. The molecule has 0 aromatic heterocycles. The average Bonchev–Trinajstić information content (AvgIpc) is 2.63. The van der Waals surface area contributed by atoms with Crippen LogP contribution in [0.25, 0.3) is 0 Å². The molecular weight excluding hydrogens is 435 g/mol. The molecule has 0 aliphatic carbocycles. The zero-order valence-electron chi connectivity index (χ0n) is 15.1. The molecule has 0 aliphatic heterocycles. The van der Waals surface area contributed by atoms with Gasteiger partial charge < -0.3 is 25.4 Å². The molecule has 0 atom stereocenters. The number of ether oxygens (including phenoxy) is 2. The summed E-state index contributed by atoms with van der Waals surface area (Å²) in [5.74, 6) is 1.33. The summed E-state index contributed by atoms with van der Waals surface area (Å²) in [6.07, 6.45) is 0.919. The summed E-state index contributed by atoms with van der Waals surface area (Å²) < 4.78 is 10.3. The predicted octanol–water partition coefficient (Wildman–Crippen LogP) is 1.63. The van der Waals surface area contributed by atoms with Crippen molar-refractivity contribution >= 4 is 35.8 Å². The Hall–Kier alpha value is -1.55. The van der Waals surface area contributed by atoms with Crippen molar-refractivity contribution < 1.29 is 14.3 Å². The van der Waals surface area contributed by atoms with Crippen LogP contribution >= 0.6 is 24.0 Å². The number of halogens is 1. The quantitative estimate of drug-likeness (QED) is 0.212. The molecule has 0 saturated carbocycles. The molecule has 142 valence electrons. The van der Waals surface area contributed by atoms with Gasteiger partial charge in [-0.15, -0.1) is 24.0 Å². The van der Waals surface area contributed by atoms with Crippen LogP contribution in [0.2, 0.25) is 0 Å². The van der Waals surface area contributed by atoms with Gasteiger partial charge in [0, 0.05) is 45.5 Å². The highest BCUT2D eigenvalue weighted by Gasteiger charge is 2.04. The molecule has 7 nitrogen and oxygen atoms in total. The lowest BCUT2D eigenvalue weighted by atomic mass is 10.2. The van der Waals surface area contributed by atoms with Gasteiger partial charge in [0.1, 0.15) is 5.75 Å². The van der Waals surface area contributed by atoms with Gasteiger partial charge in [-0.25, -0.2) is 0 Å². The van der Waals surface area contributed by atoms with Crippen molar-refractivity contribution in [2.45, 2.75) is 13.3 Å². The van der Waals surface area contributed by atoms with Crippen LogP contribution in [0.3, 0.4) is 0 Å². The molecule has 1 rings (SSSR count). The number of guanidine groups is 1. The Labute approximate surface area is 167 Å². The lowest BCUT2D eigenvalue weighted by Crippen LogP contribution is -2.42. The molecule has 0 radical (unpaired) electrons. The number of hydrogen-bond donors (Lipinski definition) is 3. The maximum atomic E-state index is 12.0. The molecule has 0 aliphatic rings. The number of nitrogens with one attached hydrogen (secondary N) is 3. The van der Waals surface area contributed by atoms with E-state index in [-0.39, 0.29) is 29.9 Å². The molecule has 1 amide bonds. The van der Waals surface area contributed by atoms with Crippen LogP contribution in [0.5, 0.6) is 5.75 Å². The van der Waals surface area contributed by atoms with Crippen LogP contribution < -0.4 is 20.7 Å². The fraction of sp³-hybridized carbons (Fsp3) is 0.529. The van der Waals surface area contributed by atoms with Gasteiger partial charge in [0.05, 0.1) is 7.11 Å². The summed E-state index contributed by atoms with van der Waals surface area (Å²) in [5.41, 5.74) is 0.606. The van der Waals surface area contributed by atoms with Crippen molar-refractivity contribution in [2.24, 2.45) is 4.99 Å². The van der Waals surface area contributed by atoms with E-state index >= 15 is 0 Å². The zero-order chi connectivity index (χ0) is 17.6. The van der Waals surface area contributed by atoms with E-state index in [0.717, 1.165) is 31.9 Å². The van der Waals surface area contributed by atoms with Crippen LogP contribution in [0.4, 0.5) is 0 Å². The van der Waals surface area contributed by atoms with Crippen molar-refractivity contribution in [3.05, 3.63) is 29.8 Å². The molecular formula is C17H29IN4O3. The monoisotopic (exact) mass is 464 g/mol. The van der Waals surface area contributed by atoms with Gasteiger partial charge >= 0.3 is 0 Å². The fourth-order valence-corrected chi connectivity index (χ4v) is 1.95. The Bertz CT molecular complexity index is 509. The molecule has 1 aromatic carbocycles. The normalized spacial score (nSPS) is 10.6. The summed E-state index contributed by atoms with van der Waals surface area (Å²) in [6, 6.07) is 7.00. The van der Waals surface area contributed by atoms with E-state index in [9.17, 15) is 4.79 Å². The van der Waals surface area contributed by atoms with Crippen molar-refractivity contribution in [3.8, 4) is 5.75 Å². The molecule has 0 saturated heterocycles. The van der Waals surface area contributed by atoms with Crippen LogP contribution in [0.15, 0.2) is 29.3 Å². The summed E-state index contributed by atoms with van der Waals surface area (Å²) in [6.45, 7) is 5.34. The minimum atomic E-state index is -0.112. The second-order valence-corrected chi connectivity index (χ2v) is 4.96. The van der Waals surface area contributed by atoms with Gasteiger partial charge in [-0.05, 0) is 37.6 Å². The minimum Gasteiger partial charge on any atom is -0.497 e. The Kier molecular flexibility index (Phi) is 13.8. The summed E-state index contributed by atoms with van der Waals surface area (Å²) in [7, 11) is 3.31. The summed E-state index contributed by atoms with van der Waals surface area (Å²) >= 11 is 0. The number of rotatable bonds is 10. The lowest BCUT2D eigenvalue weighted by Gasteiger charge is -2.12. The number of carbonyl (C=O) groups is 1. The fourth-order valence-electron chi connectivity index (χ4n) is 1.95. The second-order valence-electron chi connectivity index (χ2n) is 4.96. The van der Waals surface area contributed by atoms with Crippen LogP contribution in [-0.2, 0) is 4.74 Å². The Balaban J connectivity index is 0.00000576. The van der Waals surface area contributed by atoms with E-state index in [1.165, 1.54) is 0 Å². The van der Waals surface area contributed by atoms with Gasteiger partial charge in [-0.2, -0.15) is 0 Å². The molecule has 0 heterocycles. The summed E-state index contributed by atoms with van der Waals surface area (Å²) in [4.78, 5) is 16.1. The third-order valence-electron chi connectivity index (χ3n) is 3.24. The van der Waals surface area contributed by atoms with Gasteiger partial charge in [0.25, 0.3) is 5.91 Å². The topological polar surface area (TPSA) is 84.0 Å². The van der Waals surface area contributed by atoms with Gasteiger partial charge in [-0.3, -0.25) is 9.79 Å². The van der Waals surface area contributed by atoms with Crippen molar-refractivity contribution in [1.82, 2.24) is 16.0 Å². The smallest absolute Gasteiger partial charge is 0.251 e. The van der Waals surface area contributed by atoms with Crippen molar-refractivity contribution in [2.75, 3.05) is 47.0 Å². The van der Waals surface area contributed by atoms with Crippen LogP contribution in [0, 0.1) is 0 Å². The minimum absolute atomic E-state index is 0. The van der Waals surface area contributed by atoms with E-state index in [0.29, 0.717) is 24.6 Å². The largest absolute Gasteiger partial charge is 0.497 e. The average molecular weight is 464 g/mol. The molecule has 25 heavy (non-hydrogen) atoms. The molecule has 0 spiro atoms. The highest BCUT2D eigenvalue weighted by molar-refractivity contribution is 14.0. The molecule has 8 heteroatoms. The Morgan fingerprint density at radius 2 is 1.72 bits per heavy atom. The number of benzene rings is 1.